The maximum absolute atomic E-state index is 12.5. The summed E-state index contributed by atoms with van der Waals surface area (Å²) in [6.45, 7) is 1.89. The molecule has 26 heavy (non-hydrogen) atoms. The second-order valence-electron chi connectivity index (χ2n) is 5.40. The van der Waals surface area contributed by atoms with Gasteiger partial charge in [-0.25, -0.2) is 4.79 Å². The molecule has 0 unspecified atom stereocenters. The lowest BCUT2D eigenvalue weighted by molar-refractivity contribution is -0.384. The quantitative estimate of drug-likeness (QED) is 0.414. The summed E-state index contributed by atoms with van der Waals surface area (Å²) in [4.78, 5) is 37.8. The van der Waals surface area contributed by atoms with Crippen LogP contribution in [0.25, 0.3) is 10.9 Å². The number of nitro benzene ring substituents is 1. The van der Waals surface area contributed by atoms with Gasteiger partial charge in [0.2, 0.25) is 0 Å². The molecule has 2 aromatic carbocycles. The number of para-hydroxylation sites is 1. The second-order valence-corrected chi connectivity index (χ2v) is 5.40. The van der Waals surface area contributed by atoms with E-state index in [1.54, 1.807) is 31.2 Å². The molecule has 0 atom stereocenters. The van der Waals surface area contributed by atoms with Crippen molar-refractivity contribution < 1.29 is 19.2 Å². The van der Waals surface area contributed by atoms with Crippen molar-refractivity contribution in [2.24, 2.45) is 0 Å². The molecule has 0 saturated heterocycles. The number of hydrogen-bond donors (Lipinski definition) is 2. The molecule has 0 fully saturated rings. The lowest BCUT2D eigenvalue weighted by Gasteiger charge is -2.07. The van der Waals surface area contributed by atoms with Gasteiger partial charge in [0.25, 0.3) is 11.6 Å². The van der Waals surface area contributed by atoms with Crippen LogP contribution in [0.1, 0.15) is 27.8 Å². The summed E-state index contributed by atoms with van der Waals surface area (Å²) in [5, 5.41) is 14.1. The van der Waals surface area contributed by atoms with Gasteiger partial charge < -0.3 is 15.0 Å². The normalized spacial score (nSPS) is 10.5. The van der Waals surface area contributed by atoms with Crippen LogP contribution in [0.3, 0.4) is 0 Å². The fourth-order valence-electron chi connectivity index (χ4n) is 2.55. The number of rotatable bonds is 5. The van der Waals surface area contributed by atoms with E-state index in [4.69, 9.17) is 4.74 Å². The fraction of sp³-hybridized carbons (Fsp3) is 0.111. The maximum atomic E-state index is 12.5. The molecular formula is C18H15N3O5. The third-order valence-electron chi connectivity index (χ3n) is 3.76. The number of carbonyl (C=O) groups excluding carboxylic acids is 2. The Balaban J connectivity index is 1.96. The minimum atomic E-state index is -0.581. The van der Waals surface area contributed by atoms with E-state index in [1.165, 1.54) is 24.3 Å². The van der Waals surface area contributed by atoms with E-state index in [-0.39, 0.29) is 23.6 Å². The van der Waals surface area contributed by atoms with E-state index in [9.17, 15) is 19.7 Å². The van der Waals surface area contributed by atoms with E-state index < -0.39 is 16.8 Å². The molecule has 0 aliphatic carbocycles. The molecule has 0 bridgehead atoms. The number of benzene rings is 2. The van der Waals surface area contributed by atoms with E-state index in [1.807, 2.05) is 0 Å². The average molecular weight is 353 g/mol. The first kappa shape index (κ1) is 17.2. The van der Waals surface area contributed by atoms with Crippen molar-refractivity contribution in [1.29, 1.82) is 0 Å². The number of esters is 1. The van der Waals surface area contributed by atoms with Crippen molar-refractivity contribution in [3.63, 3.8) is 0 Å². The monoisotopic (exact) mass is 353 g/mol. The first-order valence-corrected chi connectivity index (χ1v) is 7.85. The van der Waals surface area contributed by atoms with Gasteiger partial charge in [-0.1, -0.05) is 18.2 Å². The molecule has 1 amide bonds. The zero-order valence-corrected chi connectivity index (χ0v) is 13.8. The summed E-state index contributed by atoms with van der Waals surface area (Å²) >= 11 is 0. The van der Waals surface area contributed by atoms with Crippen LogP contribution in [0.2, 0.25) is 0 Å². The van der Waals surface area contributed by atoms with Gasteiger partial charge in [-0.05, 0) is 25.1 Å². The maximum Gasteiger partial charge on any atom is 0.356 e. The molecular weight excluding hydrogens is 338 g/mol. The first-order valence-electron chi connectivity index (χ1n) is 7.85. The number of ether oxygens (including phenoxy) is 1. The largest absolute Gasteiger partial charge is 0.461 e. The molecule has 1 heterocycles. The van der Waals surface area contributed by atoms with Crippen molar-refractivity contribution in [2.45, 2.75) is 6.92 Å². The molecule has 0 saturated carbocycles. The van der Waals surface area contributed by atoms with Crippen molar-refractivity contribution in [3.05, 3.63) is 69.9 Å². The molecule has 0 aliphatic rings. The number of nitrogens with one attached hydrogen (secondary N) is 2. The third kappa shape index (κ3) is 3.25. The Morgan fingerprint density at radius 3 is 2.50 bits per heavy atom. The van der Waals surface area contributed by atoms with Gasteiger partial charge in [0.1, 0.15) is 5.69 Å². The number of nitrogens with zero attached hydrogens (tertiary/aromatic N) is 1. The van der Waals surface area contributed by atoms with Crippen LogP contribution in [0.5, 0.6) is 0 Å². The fourth-order valence-corrected chi connectivity index (χ4v) is 2.55. The number of H-pyrrole nitrogens is 1. The predicted molar refractivity (Wildman–Crippen MR) is 95.3 cm³/mol. The number of nitro groups is 1. The Labute approximate surface area is 147 Å². The summed E-state index contributed by atoms with van der Waals surface area (Å²) in [5.41, 5.74) is 1.25. The summed E-state index contributed by atoms with van der Waals surface area (Å²) in [6.07, 6.45) is 0. The van der Waals surface area contributed by atoms with Crippen molar-refractivity contribution in [3.8, 4) is 0 Å². The average Bonchev–Trinajstić information content (AvgIpc) is 3.01. The van der Waals surface area contributed by atoms with Gasteiger partial charge in [-0.3, -0.25) is 14.9 Å². The summed E-state index contributed by atoms with van der Waals surface area (Å²) < 4.78 is 5.03. The molecule has 0 aliphatic heterocycles. The highest BCUT2D eigenvalue weighted by Gasteiger charge is 2.21. The highest BCUT2D eigenvalue weighted by molar-refractivity contribution is 6.14. The van der Waals surface area contributed by atoms with Crippen molar-refractivity contribution in [2.75, 3.05) is 11.9 Å². The van der Waals surface area contributed by atoms with Crippen LogP contribution >= 0.6 is 0 Å². The number of carbonyl (C=O) groups is 2. The number of aromatic amines is 1. The van der Waals surface area contributed by atoms with Crippen molar-refractivity contribution >= 4 is 34.2 Å². The highest BCUT2D eigenvalue weighted by Crippen LogP contribution is 2.29. The van der Waals surface area contributed by atoms with Crippen LogP contribution in [-0.2, 0) is 4.74 Å². The summed E-state index contributed by atoms with van der Waals surface area (Å²) in [7, 11) is 0. The molecule has 132 valence electrons. The van der Waals surface area contributed by atoms with Crippen LogP contribution in [0.15, 0.2) is 48.5 Å². The van der Waals surface area contributed by atoms with Crippen LogP contribution in [-0.4, -0.2) is 28.4 Å². The SMILES string of the molecule is CCOC(=O)c1[nH]c2ccccc2c1NC(=O)c1ccc([N+](=O)[O-])cc1. The third-order valence-corrected chi connectivity index (χ3v) is 3.76. The van der Waals surface area contributed by atoms with Gasteiger partial charge in [-0.2, -0.15) is 0 Å². The van der Waals surface area contributed by atoms with E-state index in [0.29, 0.717) is 16.6 Å². The summed E-state index contributed by atoms with van der Waals surface area (Å²) in [6, 6.07) is 12.3. The molecule has 3 rings (SSSR count). The molecule has 3 aromatic rings. The lowest BCUT2D eigenvalue weighted by atomic mass is 10.1. The van der Waals surface area contributed by atoms with Crippen molar-refractivity contribution in [1.82, 2.24) is 4.98 Å². The Morgan fingerprint density at radius 2 is 1.85 bits per heavy atom. The zero-order chi connectivity index (χ0) is 18.7. The number of amides is 1. The zero-order valence-electron chi connectivity index (χ0n) is 13.8. The van der Waals surface area contributed by atoms with E-state index in [2.05, 4.69) is 10.3 Å². The number of aromatic nitrogens is 1. The second kappa shape index (κ2) is 7.06. The number of non-ortho nitro benzene ring substituents is 1. The van der Waals surface area contributed by atoms with Crippen LogP contribution in [0.4, 0.5) is 11.4 Å². The molecule has 0 radical (unpaired) electrons. The Morgan fingerprint density at radius 1 is 1.15 bits per heavy atom. The van der Waals surface area contributed by atoms with Crippen LogP contribution in [0, 0.1) is 10.1 Å². The molecule has 1 aromatic heterocycles. The van der Waals surface area contributed by atoms with Gasteiger partial charge in [0, 0.05) is 28.6 Å². The lowest BCUT2D eigenvalue weighted by Crippen LogP contribution is -2.15. The van der Waals surface area contributed by atoms with Gasteiger partial charge in [0.15, 0.2) is 0 Å². The van der Waals surface area contributed by atoms with Gasteiger partial charge in [0.05, 0.1) is 17.2 Å². The number of anilines is 1. The summed E-state index contributed by atoms with van der Waals surface area (Å²) in [5.74, 6) is -1.07. The minimum absolute atomic E-state index is 0.110. The predicted octanol–water partition coefficient (Wildman–Crippen LogP) is 3.51. The smallest absolute Gasteiger partial charge is 0.356 e. The minimum Gasteiger partial charge on any atom is -0.461 e. The Kier molecular flexibility index (Phi) is 4.66. The molecule has 8 nitrogen and oxygen atoms in total. The molecule has 2 N–H and O–H groups in total. The first-order chi connectivity index (χ1) is 12.5. The molecule has 0 spiro atoms. The van der Waals surface area contributed by atoms with Gasteiger partial charge >= 0.3 is 5.97 Å². The van der Waals surface area contributed by atoms with E-state index in [0.717, 1.165) is 0 Å². The highest BCUT2D eigenvalue weighted by atomic mass is 16.6. The number of hydrogen-bond acceptors (Lipinski definition) is 5. The Hall–Kier alpha value is -3.68. The van der Waals surface area contributed by atoms with Crippen LogP contribution < -0.4 is 5.32 Å². The number of fused-ring (bicyclic) bond motifs is 1. The van der Waals surface area contributed by atoms with E-state index >= 15 is 0 Å². The molecule has 8 heteroatoms. The Bertz CT molecular complexity index is 992. The van der Waals surface area contributed by atoms with Gasteiger partial charge in [-0.15, -0.1) is 0 Å². The topological polar surface area (TPSA) is 114 Å². The standard InChI is InChI=1S/C18H15N3O5/c1-2-26-18(23)16-15(13-5-3-4-6-14(13)19-16)20-17(22)11-7-9-12(10-8-11)21(24)25/h3-10,19H,2H2,1H3,(H,20,22).